The maximum Gasteiger partial charge on any atom is 0.433 e. The molecule has 11 heteroatoms. The van der Waals surface area contributed by atoms with Crippen LogP contribution < -0.4 is 5.56 Å². The fourth-order valence-electron chi connectivity index (χ4n) is 3.79. The molecule has 0 aliphatic carbocycles. The monoisotopic (exact) mass is 439 g/mol. The van der Waals surface area contributed by atoms with Crippen molar-refractivity contribution in [3.63, 3.8) is 0 Å². The Balaban J connectivity index is 1.88. The highest BCUT2D eigenvalue weighted by atomic mass is 19.4. The van der Waals surface area contributed by atoms with Crippen molar-refractivity contribution in [1.82, 2.24) is 33.9 Å². The van der Waals surface area contributed by atoms with Gasteiger partial charge in [-0.1, -0.05) is 0 Å². The average Bonchev–Trinajstić information content (AvgIpc) is 3.35. The Morgan fingerprint density at radius 1 is 1.12 bits per heavy atom. The number of rotatable bonds is 3. The summed E-state index contributed by atoms with van der Waals surface area (Å²) in [5.41, 5.74) is 0.451. The number of imidazole rings is 1. The molecule has 0 saturated carbocycles. The summed E-state index contributed by atoms with van der Waals surface area (Å²) in [6, 6.07) is 5.47. The van der Waals surface area contributed by atoms with Crippen molar-refractivity contribution in [2.75, 3.05) is 0 Å². The van der Waals surface area contributed by atoms with E-state index in [-0.39, 0.29) is 11.2 Å². The highest BCUT2D eigenvalue weighted by molar-refractivity contribution is 6.01. The smallest absolute Gasteiger partial charge is 0.325 e. The van der Waals surface area contributed by atoms with Crippen molar-refractivity contribution < 1.29 is 13.2 Å². The quantitative estimate of drug-likeness (QED) is 0.431. The maximum absolute atomic E-state index is 13.5. The minimum Gasteiger partial charge on any atom is -0.325 e. The van der Waals surface area contributed by atoms with Crippen LogP contribution in [0.4, 0.5) is 13.2 Å². The van der Waals surface area contributed by atoms with Crippen molar-refractivity contribution in [2.24, 2.45) is 7.05 Å². The second kappa shape index (κ2) is 7.01. The molecule has 0 aromatic carbocycles. The van der Waals surface area contributed by atoms with Gasteiger partial charge in [-0.2, -0.15) is 18.3 Å². The van der Waals surface area contributed by atoms with E-state index in [1.54, 1.807) is 47.7 Å². The third kappa shape index (κ3) is 3.13. The summed E-state index contributed by atoms with van der Waals surface area (Å²) in [6.07, 6.45) is 1.87. The summed E-state index contributed by atoms with van der Waals surface area (Å²) in [7, 11) is 1.78. The molecule has 0 radical (unpaired) electrons. The van der Waals surface area contributed by atoms with Crippen molar-refractivity contribution in [3.8, 4) is 5.69 Å². The van der Waals surface area contributed by atoms with E-state index < -0.39 is 17.4 Å². The number of alkyl halides is 3. The predicted octanol–water partition coefficient (Wildman–Crippen LogP) is 3.24. The minimum absolute atomic E-state index is 0.110. The second-order valence-electron chi connectivity index (χ2n) is 7.41. The van der Waals surface area contributed by atoms with E-state index in [0.717, 1.165) is 16.2 Å². The van der Waals surface area contributed by atoms with Gasteiger partial charge in [-0.25, -0.2) is 9.97 Å². The van der Waals surface area contributed by atoms with Crippen LogP contribution in [0.1, 0.15) is 17.0 Å². The lowest BCUT2D eigenvalue weighted by Gasteiger charge is -2.15. The molecule has 0 aliphatic heterocycles. The number of nitrogens with zero attached hydrogens (tertiary/aromatic N) is 7. The molecule has 0 atom stereocenters. The van der Waals surface area contributed by atoms with E-state index in [1.165, 1.54) is 12.4 Å². The second-order valence-corrected chi connectivity index (χ2v) is 7.41. The van der Waals surface area contributed by atoms with Crippen LogP contribution in [0.15, 0.2) is 54.0 Å². The van der Waals surface area contributed by atoms with Gasteiger partial charge in [-0.05, 0) is 31.2 Å². The van der Waals surface area contributed by atoms with Crippen LogP contribution in [0.2, 0.25) is 0 Å². The fourth-order valence-corrected chi connectivity index (χ4v) is 3.79. The molecule has 5 aromatic heterocycles. The maximum atomic E-state index is 13.5. The molecular formula is C21H16F3N7O. The standard InChI is InChI=1S/C21H16F3N7O/c1-12-15(4-3-7-25-12)31-19-14(5-6-16(28-19)21(22,23)24)18-17(20(31)32)26-11-30(18)10-13-8-27-29(2)9-13/h3-9,11H,10H2,1-2H3. The van der Waals surface area contributed by atoms with E-state index in [9.17, 15) is 18.0 Å². The summed E-state index contributed by atoms with van der Waals surface area (Å²) in [5, 5.41) is 4.50. The lowest BCUT2D eigenvalue weighted by molar-refractivity contribution is -0.141. The highest BCUT2D eigenvalue weighted by Crippen LogP contribution is 2.31. The first kappa shape index (κ1) is 19.9. The largest absolute Gasteiger partial charge is 0.433 e. The van der Waals surface area contributed by atoms with Crippen molar-refractivity contribution in [3.05, 3.63) is 76.5 Å². The number of hydrogen-bond donors (Lipinski definition) is 0. The number of aryl methyl sites for hydroxylation is 2. The molecule has 32 heavy (non-hydrogen) atoms. The number of halogens is 3. The topological polar surface area (TPSA) is 83.4 Å². The Kier molecular flexibility index (Phi) is 4.36. The molecule has 5 heterocycles. The van der Waals surface area contributed by atoms with E-state index in [4.69, 9.17) is 0 Å². The van der Waals surface area contributed by atoms with Gasteiger partial charge in [0.15, 0.2) is 5.52 Å². The van der Waals surface area contributed by atoms with E-state index >= 15 is 0 Å². The third-order valence-electron chi connectivity index (χ3n) is 5.21. The van der Waals surface area contributed by atoms with E-state index in [1.807, 2.05) is 6.20 Å². The van der Waals surface area contributed by atoms with Gasteiger partial charge in [-0.3, -0.25) is 19.0 Å². The molecule has 0 unspecified atom stereocenters. The zero-order valence-electron chi connectivity index (χ0n) is 17.0. The van der Waals surface area contributed by atoms with Crippen LogP contribution in [-0.2, 0) is 19.8 Å². The SMILES string of the molecule is Cc1ncccc1-n1c(=O)c2ncn(Cc3cnn(C)c3)c2c2ccc(C(F)(F)F)nc21. The van der Waals surface area contributed by atoms with Gasteiger partial charge in [0.1, 0.15) is 11.3 Å². The number of hydrogen-bond acceptors (Lipinski definition) is 5. The Bertz CT molecular complexity index is 1550. The van der Waals surface area contributed by atoms with Gasteiger partial charge in [0.2, 0.25) is 0 Å². The molecular weight excluding hydrogens is 423 g/mol. The lowest BCUT2D eigenvalue weighted by Crippen LogP contribution is -2.22. The van der Waals surface area contributed by atoms with Crippen LogP contribution in [-0.4, -0.2) is 33.9 Å². The van der Waals surface area contributed by atoms with Gasteiger partial charge >= 0.3 is 6.18 Å². The molecule has 0 fully saturated rings. The van der Waals surface area contributed by atoms with E-state index in [0.29, 0.717) is 28.8 Å². The summed E-state index contributed by atoms with van der Waals surface area (Å²) in [5.74, 6) is 0. The van der Waals surface area contributed by atoms with Crippen LogP contribution >= 0.6 is 0 Å². The molecule has 0 N–H and O–H groups in total. The van der Waals surface area contributed by atoms with Crippen LogP contribution in [0, 0.1) is 6.92 Å². The highest BCUT2D eigenvalue weighted by Gasteiger charge is 2.33. The van der Waals surface area contributed by atoms with Crippen LogP contribution in [0.5, 0.6) is 0 Å². The van der Waals surface area contributed by atoms with Crippen molar-refractivity contribution in [1.29, 1.82) is 0 Å². The van der Waals surface area contributed by atoms with Crippen molar-refractivity contribution in [2.45, 2.75) is 19.6 Å². The lowest BCUT2D eigenvalue weighted by atomic mass is 10.2. The Hall–Kier alpha value is -4.02. The summed E-state index contributed by atoms with van der Waals surface area (Å²) >= 11 is 0. The van der Waals surface area contributed by atoms with Crippen LogP contribution in [0.3, 0.4) is 0 Å². The van der Waals surface area contributed by atoms with Gasteiger partial charge < -0.3 is 4.57 Å². The molecule has 8 nitrogen and oxygen atoms in total. The normalized spacial score (nSPS) is 12.2. The summed E-state index contributed by atoms with van der Waals surface area (Å²) < 4.78 is 44.9. The first-order chi connectivity index (χ1) is 15.2. The Labute approximate surface area is 178 Å². The predicted molar refractivity (Wildman–Crippen MR) is 110 cm³/mol. The molecule has 0 aliphatic rings. The van der Waals surface area contributed by atoms with Gasteiger partial charge in [-0.15, -0.1) is 0 Å². The van der Waals surface area contributed by atoms with Gasteiger partial charge in [0.25, 0.3) is 5.56 Å². The molecule has 162 valence electrons. The average molecular weight is 439 g/mol. The Morgan fingerprint density at radius 3 is 2.62 bits per heavy atom. The third-order valence-corrected chi connectivity index (χ3v) is 5.21. The van der Waals surface area contributed by atoms with Gasteiger partial charge in [0.05, 0.1) is 36.0 Å². The van der Waals surface area contributed by atoms with Crippen LogP contribution in [0.25, 0.3) is 27.8 Å². The number of fused-ring (bicyclic) bond motifs is 3. The molecule has 5 aromatic rings. The summed E-state index contributed by atoms with van der Waals surface area (Å²) in [4.78, 5) is 25.8. The molecule has 5 rings (SSSR count). The van der Waals surface area contributed by atoms with Crippen molar-refractivity contribution >= 4 is 22.1 Å². The molecule has 0 spiro atoms. The minimum atomic E-state index is -4.66. The zero-order valence-corrected chi connectivity index (χ0v) is 17.0. The fraction of sp³-hybridized carbons (Fsp3) is 0.190. The first-order valence-electron chi connectivity index (χ1n) is 9.61. The Morgan fingerprint density at radius 2 is 1.94 bits per heavy atom. The first-order valence-corrected chi connectivity index (χ1v) is 9.61. The number of aromatic nitrogens is 7. The number of pyridine rings is 3. The zero-order chi connectivity index (χ0) is 22.6. The molecule has 0 bridgehead atoms. The molecule has 0 amide bonds. The summed E-state index contributed by atoms with van der Waals surface area (Å²) in [6.45, 7) is 2.02. The van der Waals surface area contributed by atoms with E-state index in [2.05, 4.69) is 20.1 Å². The molecule has 0 saturated heterocycles. The van der Waals surface area contributed by atoms with Gasteiger partial charge in [0, 0.05) is 30.4 Å².